The molecule has 8 unspecified atom stereocenters. The monoisotopic (exact) mass is 722 g/mol. The van der Waals surface area contributed by atoms with Crippen LogP contribution in [0.25, 0.3) is 0 Å². The number of rotatable bonds is 4. The molecule has 0 aromatic heterocycles. The predicted molar refractivity (Wildman–Crippen MR) is 238 cm³/mol. The molecule has 4 heterocycles. The van der Waals surface area contributed by atoms with Crippen molar-refractivity contribution < 1.29 is 19.2 Å². The van der Waals surface area contributed by atoms with Crippen molar-refractivity contribution in [3.05, 3.63) is 0 Å². The second kappa shape index (κ2) is 39.7. The van der Waals surface area contributed by atoms with Crippen LogP contribution in [0.15, 0.2) is 0 Å². The summed E-state index contributed by atoms with van der Waals surface area (Å²) in [7, 11) is 8.13. The molecule has 15 heteroatoms. The molecule has 0 saturated carbocycles. The number of likely N-dealkylation sites (N-methyl/N-ethyl adjacent to an activating group) is 4. The molecular weight excluding hydrogens is 640 g/mol. The Kier molecular flexibility index (Phi) is 63.9. The third-order valence-corrected chi connectivity index (χ3v) is 10.1. The molecule has 0 aromatic carbocycles. The van der Waals surface area contributed by atoms with Gasteiger partial charge in [-0.2, -0.15) is 0 Å². The smallest absolute Gasteiger partial charge is 0.146 e. The first-order valence-electron chi connectivity index (χ1n) is 15.4. The van der Waals surface area contributed by atoms with Crippen molar-refractivity contribution in [2.75, 3.05) is 28.2 Å². The lowest BCUT2D eigenvalue weighted by atomic mass is 10.1. The Morgan fingerprint density at radius 3 is 0.481 bits per heavy atom. The summed E-state index contributed by atoms with van der Waals surface area (Å²) in [6, 6.07) is 3.18. The van der Waals surface area contributed by atoms with Crippen molar-refractivity contribution in [3.8, 4) is 0 Å². The summed E-state index contributed by atoms with van der Waals surface area (Å²) >= 11 is 0. The van der Waals surface area contributed by atoms with Crippen molar-refractivity contribution in [3.63, 3.8) is 0 Å². The molecule has 4 fully saturated rings. The summed E-state index contributed by atoms with van der Waals surface area (Å²) in [6.07, 6.45) is 8.86. The molecule has 4 aliphatic heterocycles. The fraction of sp³-hybridized carbons (Fsp3) is 0.892. The molecule has 0 N–H and O–H groups in total. The van der Waals surface area contributed by atoms with E-state index in [4.69, 9.17) is 0 Å². The fourth-order valence-electron chi connectivity index (χ4n) is 6.41. The maximum absolute atomic E-state index is 11.0. The molecule has 21 radical (unpaired) electrons. The minimum absolute atomic E-state index is 0. The van der Waals surface area contributed by atoms with Crippen LogP contribution in [-0.4, -0.2) is 178 Å². The number of carbonyl (C=O) groups excluding carboxylic acids is 4. The van der Waals surface area contributed by atoms with E-state index in [0.29, 0.717) is 47.3 Å². The maximum atomic E-state index is 11.0. The summed E-state index contributed by atoms with van der Waals surface area (Å²) in [5, 5.41) is 0. The van der Waals surface area contributed by atoms with E-state index < -0.39 is 0 Å². The van der Waals surface area contributed by atoms with Crippen molar-refractivity contribution in [1.82, 2.24) is 19.6 Å². The number of ketones is 4. The maximum Gasteiger partial charge on any atom is 0.146 e. The topological polar surface area (TPSA) is 81.2 Å². The van der Waals surface area contributed by atoms with E-state index in [0.717, 1.165) is 25.7 Å². The molecule has 4 rings (SSSR count). The standard InChI is InChI=1S/4C8H15NO.5CH4.7B/c4*1-6-4-5-8(7(2)10)9(6)3;;;;;;;;;;;;/h4*6,8H,4-5H2,1-3H3;5*1H4;;;;;;;. The minimum atomic E-state index is 0. The van der Waals surface area contributed by atoms with Gasteiger partial charge in [-0.25, -0.2) is 0 Å². The highest BCUT2D eigenvalue weighted by atomic mass is 16.1. The zero-order valence-electron chi connectivity index (χ0n) is 31.7. The van der Waals surface area contributed by atoms with Gasteiger partial charge in [0.2, 0.25) is 0 Å². The van der Waals surface area contributed by atoms with E-state index in [9.17, 15) is 19.2 Å². The number of nitrogens with zero attached hydrogens (tertiary/aromatic N) is 4. The Morgan fingerprint density at radius 2 is 0.442 bits per heavy atom. The van der Waals surface area contributed by atoms with Crippen molar-refractivity contribution >= 4 is 82.0 Å². The molecule has 0 bridgehead atoms. The number of hydrogen-bond acceptors (Lipinski definition) is 8. The Morgan fingerprint density at radius 1 is 0.327 bits per heavy atom. The summed E-state index contributed by atoms with van der Waals surface area (Å²) in [4.78, 5) is 52.5. The normalized spacial score (nSPS) is 26.7. The quantitative estimate of drug-likeness (QED) is 0.386. The van der Waals surface area contributed by atoms with Crippen LogP contribution in [0.3, 0.4) is 0 Å². The molecule has 293 valence electrons. The van der Waals surface area contributed by atoms with Gasteiger partial charge in [0.05, 0.1) is 24.2 Å². The number of hydrogen-bond donors (Lipinski definition) is 0. The van der Waals surface area contributed by atoms with Crippen molar-refractivity contribution in [1.29, 1.82) is 0 Å². The zero-order chi connectivity index (χ0) is 30.9. The number of carbonyl (C=O) groups is 4. The first-order chi connectivity index (χ1) is 18.5. The Balaban J connectivity index is -0.0000000381. The SMILES string of the molecule is C.C.C.C.C.CC(=O)C1CCC(C)N1C.CC(=O)C1CCC(C)N1C.CC(=O)C1CCC(C)N1C.CC(=O)C1CCC(C)N1C.[B].[B].[B].[B].[B].[B].[B]. The van der Waals surface area contributed by atoms with Crippen LogP contribution in [0, 0.1) is 0 Å². The minimum Gasteiger partial charge on any atom is -0.298 e. The molecule has 4 aliphatic rings. The highest BCUT2D eigenvalue weighted by molar-refractivity contribution is 5.83. The highest BCUT2D eigenvalue weighted by Gasteiger charge is 2.32. The number of likely N-dealkylation sites (tertiary alicyclic amines) is 4. The van der Waals surface area contributed by atoms with Crippen LogP contribution >= 0.6 is 0 Å². The zero-order valence-corrected chi connectivity index (χ0v) is 31.7. The fourth-order valence-corrected chi connectivity index (χ4v) is 6.41. The van der Waals surface area contributed by atoms with E-state index in [1.165, 1.54) is 25.7 Å². The van der Waals surface area contributed by atoms with Gasteiger partial charge in [-0.05, 0) is 135 Å². The molecule has 8 atom stereocenters. The van der Waals surface area contributed by atoms with Crippen LogP contribution in [0.1, 0.15) is 144 Å². The first kappa shape index (κ1) is 83.8. The summed E-state index contributed by atoms with van der Waals surface area (Å²) in [5.74, 6) is 1.25. The van der Waals surface area contributed by atoms with Gasteiger partial charge in [0.25, 0.3) is 0 Å². The van der Waals surface area contributed by atoms with E-state index in [-0.39, 0.29) is 120 Å². The average molecular weight is 721 g/mol. The molecule has 0 aromatic rings. The lowest BCUT2D eigenvalue weighted by Gasteiger charge is -2.20. The van der Waals surface area contributed by atoms with E-state index in [2.05, 4.69) is 47.3 Å². The molecule has 0 aliphatic carbocycles. The van der Waals surface area contributed by atoms with Gasteiger partial charge < -0.3 is 0 Å². The molecule has 8 nitrogen and oxygen atoms in total. The Labute approximate surface area is 340 Å². The molecule has 0 spiro atoms. The predicted octanol–water partition coefficient (Wildman–Crippen LogP) is 4.75. The van der Waals surface area contributed by atoms with Crippen LogP contribution in [0.4, 0.5) is 0 Å². The van der Waals surface area contributed by atoms with E-state index in [1.807, 2.05) is 28.2 Å². The summed E-state index contributed by atoms with van der Waals surface area (Å²) < 4.78 is 0. The average Bonchev–Trinajstić information content (AvgIpc) is 3.59. The van der Waals surface area contributed by atoms with Crippen molar-refractivity contribution in [2.24, 2.45) is 0 Å². The van der Waals surface area contributed by atoms with E-state index >= 15 is 0 Å². The summed E-state index contributed by atoms with van der Waals surface area (Å²) in [6.45, 7) is 15.4. The third kappa shape index (κ3) is 25.1. The second-order valence-corrected chi connectivity index (χ2v) is 12.9. The molecule has 52 heavy (non-hydrogen) atoms. The number of Topliss-reactive ketones (excluding diaryl/α,β-unsaturated/α-hetero) is 4. The first-order valence-corrected chi connectivity index (χ1v) is 15.4. The Hall–Kier alpha value is -1.03. The third-order valence-electron chi connectivity index (χ3n) is 10.1. The second-order valence-electron chi connectivity index (χ2n) is 12.9. The highest BCUT2D eigenvalue weighted by Crippen LogP contribution is 2.24. The van der Waals surface area contributed by atoms with Gasteiger partial charge in [0.1, 0.15) is 23.1 Å². The van der Waals surface area contributed by atoms with E-state index in [1.54, 1.807) is 27.7 Å². The van der Waals surface area contributed by atoms with Gasteiger partial charge in [0.15, 0.2) is 0 Å². The lowest BCUT2D eigenvalue weighted by Crippen LogP contribution is -2.34. The summed E-state index contributed by atoms with van der Waals surface area (Å²) in [5.41, 5.74) is 0. The van der Waals surface area contributed by atoms with Crippen LogP contribution in [-0.2, 0) is 19.2 Å². The Bertz CT molecular complexity index is 744. The molecular formula is C37H80B7N4O4. The largest absolute Gasteiger partial charge is 0.298 e. The van der Waals surface area contributed by atoms with Crippen LogP contribution in [0.2, 0.25) is 0 Å². The van der Waals surface area contributed by atoms with Crippen LogP contribution < -0.4 is 0 Å². The van der Waals surface area contributed by atoms with Crippen molar-refractivity contribution in [2.45, 2.75) is 192 Å². The van der Waals surface area contributed by atoms with Gasteiger partial charge in [-0.1, -0.05) is 37.1 Å². The van der Waals surface area contributed by atoms with Crippen LogP contribution in [0.5, 0.6) is 0 Å². The molecule has 0 amide bonds. The molecule has 4 saturated heterocycles. The van der Waals surface area contributed by atoms with Gasteiger partial charge in [0, 0.05) is 83.1 Å². The lowest BCUT2D eigenvalue weighted by molar-refractivity contribution is -0.121. The van der Waals surface area contributed by atoms with Gasteiger partial charge in [-0.3, -0.25) is 38.8 Å². The van der Waals surface area contributed by atoms with Gasteiger partial charge >= 0.3 is 0 Å². The van der Waals surface area contributed by atoms with Gasteiger partial charge in [-0.15, -0.1) is 0 Å².